The van der Waals surface area contributed by atoms with Gasteiger partial charge in [-0.3, -0.25) is 9.69 Å². The maximum atomic E-state index is 11.4. The molecule has 1 amide bonds. The van der Waals surface area contributed by atoms with Crippen molar-refractivity contribution in [1.82, 2.24) is 9.80 Å². The number of methoxy groups -OCH3 is 1. The predicted molar refractivity (Wildman–Crippen MR) is 93.8 cm³/mol. The van der Waals surface area contributed by atoms with Crippen molar-refractivity contribution in [2.45, 2.75) is 13.5 Å². The van der Waals surface area contributed by atoms with Crippen LogP contribution in [0, 0.1) is 0 Å². The van der Waals surface area contributed by atoms with Crippen LogP contribution in [0.15, 0.2) is 35.7 Å². The highest BCUT2D eigenvalue weighted by molar-refractivity contribution is 7.12. The van der Waals surface area contributed by atoms with Gasteiger partial charge in [-0.05, 0) is 28.6 Å². The summed E-state index contributed by atoms with van der Waals surface area (Å²) in [6, 6.07) is 10.7. The lowest BCUT2D eigenvalue weighted by Gasteiger charge is -2.34. The van der Waals surface area contributed by atoms with Crippen molar-refractivity contribution >= 4 is 17.2 Å². The van der Waals surface area contributed by atoms with Crippen LogP contribution in [0.1, 0.15) is 12.5 Å². The highest BCUT2D eigenvalue weighted by Crippen LogP contribution is 2.35. The minimum absolute atomic E-state index is 0.177. The number of benzene rings is 1. The van der Waals surface area contributed by atoms with Crippen molar-refractivity contribution in [2.75, 3.05) is 33.3 Å². The average Bonchev–Trinajstić information content (AvgIpc) is 3.04. The Morgan fingerprint density at radius 1 is 1.22 bits per heavy atom. The van der Waals surface area contributed by atoms with E-state index in [0.29, 0.717) is 0 Å². The van der Waals surface area contributed by atoms with Crippen LogP contribution < -0.4 is 4.74 Å². The normalized spacial score (nSPS) is 15.7. The molecule has 1 aliphatic rings. The van der Waals surface area contributed by atoms with E-state index in [1.807, 2.05) is 4.90 Å². The first-order valence-electron chi connectivity index (χ1n) is 7.86. The Kier molecular flexibility index (Phi) is 4.98. The van der Waals surface area contributed by atoms with Crippen LogP contribution in [-0.2, 0) is 11.3 Å². The summed E-state index contributed by atoms with van der Waals surface area (Å²) < 4.78 is 5.43. The first kappa shape index (κ1) is 16.0. The molecule has 2 heterocycles. The molecule has 122 valence electrons. The molecule has 1 aliphatic heterocycles. The lowest BCUT2D eigenvalue weighted by atomic mass is 10.0. The number of hydrogen-bond acceptors (Lipinski definition) is 4. The second-order valence-electron chi connectivity index (χ2n) is 5.81. The molecule has 0 N–H and O–H groups in total. The summed E-state index contributed by atoms with van der Waals surface area (Å²) in [7, 11) is 1.72. The Morgan fingerprint density at radius 2 is 2.00 bits per heavy atom. The fourth-order valence-electron chi connectivity index (χ4n) is 2.98. The molecule has 2 aromatic rings. The maximum absolute atomic E-state index is 11.4. The van der Waals surface area contributed by atoms with Crippen LogP contribution in [0.3, 0.4) is 0 Å². The molecule has 1 fully saturated rings. The van der Waals surface area contributed by atoms with Crippen molar-refractivity contribution in [3.63, 3.8) is 0 Å². The Labute approximate surface area is 141 Å². The summed E-state index contributed by atoms with van der Waals surface area (Å²) >= 11 is 1.62. The fourth-order valence-corrected chi connectivity index (χ4v) is 3.72. The van der Waals surface area contributed by atoms with Gasteiger partial charge in [0.05, 0.1) is 7.11 Å². The fraction of sp³-hybridized carbons (Fsp3) is 0.389. The van der Waals surface area contributed by atoms with Crippen LogP contribution >= 0.6 is 11.3 Å². The van der Waals surface area contributed by atoms with E-state index in [9.17, 15) is 4.79 Å². The van der Waals surface area contributed by atoms with E-state index in [1.54, 1.807) is 25.4 Å². The number of thiophene rings is 1. The average molecular weight is 330 g/mol. The topological polar surface area (TPSA) is 32.8 Å². The van der Waals surface area contributed by atoms with Gasteiger partial charge in [0, 0.05) is 45.2 Å². The van der Waals surface area contributed by atoms with E-state index in [4.69, 9.17) is 4.74 Å². The predicted octanol–water partition coefficient (Wildman–Crippen LogP) is 3.09. The molecule has 4 nitrogen and oxygen atoms in total. The molecule has 0 spiro atoms. The van der Waals surface area contributed by atoms with Crippen LogP contribution in [0.5, 0.6) is 5.06 Å². The zero-order valence-electron chi connectivity index (χ0n) is 13.6. The molecule has 0 atom stereocenters. The van der Waals surface area contributed by atoms with E-state index in [1.165, 1.54) is 11.1 Å². The molecule has 0 aliphatic carbocycles. The van der Waals surface area contributed by atoms with Crippen LogP contribution in [0.4, 0.5) is 0 Å². The molecule has 3 rings (SSSR count). The molecule has 23 heavy (non-hydrogen) atoms. The zero-order chi connectivity index (χ0) is 16.2. The summed E-state index contributed by atoms with van der Waals surface area (Å²) in [5.41, 5.74) is 3.65. The Hall–Kier alpha value is -1.85. The molecular formula is C18H22N2O2S. The number of piperazine rings is 1. The molecule has 0 unspecified atom stereocenters. The zero-order valence-corrected chi connectivity index (χ0v) is 14.4. The third-order valence-electron chi connectivity index (χ3n) is 4.28. The van der Waals surface area contributed by atoms with Crippen LogP contribution in [-0.4, -0.2) is 49.0 Å². The summed E-state index contributed by atoms with van der Waals surface area (Å²) in [5.74, 6) is 0.177. The first-order chi connectivity index (χ1) is 11.2. The SMILES string of the molecule is COc1sccc1-c1cccc(CN2CCN(C(C)=O)CC2)c1. The van der Waals surface area contributed by atoms with E-state index >= 15 is 0 Å². The van der Waals surface area contributed by atoms with Gasteiger partial charge in [0.15, 0.2) is 5.06 Å². The van der Waals surface area contributed by atoms with Crippen LogP contribution in [0.25, 0.3) is 11.1 Å². The number of amides is 1. The van der Waals surface area contributed by atoms with E-state index < -0.39 is 0 Å². The molecule has 0 bridgehead atoms. The number of ether oxygens (including phenoxy) is 1. The van der Waals surface area contributed by atoms with Gasteiger partial charge in [-0.25, -0.2) is 0 Å². The number of nitrogens with zero attached hydrogens (tertiary/aromatic N) is 2. The Balaban J connectivity index is 1.68. The highest BCUT2D eigenvalue weighted by atomic mass is 32.1. The van der Waals surface area contributed by atoms with Gasteiger partial charge in [0.2, 0.25) is 5.91 Å². The van der Waals surface area contributed by atoms with E-state index in [0.717, 1.165) is 43.4 Å². The van der Waals surface area contributed by atoms with Crippen LogP contribution in [0.2, 0.25) is 0 Å². The third kappa shape index (κ3) is 3.74. The quantitative estimate of drug-likeness (QED) is 0.864. The monoisotopic (exact) mass is 330 g/mol. The summed E-state index contributed by atoms with van der Waals surface area (Å²) in [6.45, 7) is 6.09. The van der Waals surface area contributed by atoms with Gasteiger partial charge < -0.3 is 9.64 Å². The number of carbonyl (C=O) groups is 1. The van der Waals surface area contributed by atoms with Gasteiger partial charge >= 0.3 is 0 Å². The summed E-state index contributed by atoms with van der Waals surface area (Å²) in [4.78, 5) is 15.7. The lowest BCUT2D eigenvalue weighted by molar-refractivity contribution is -0.130. The van der Waals surface area contributed by atoms with E-state index in [-0.39, 0.29) is 5.91 Å². The molecule has 1 saturated heterocycles. The number of carbonyl (C=O) groups excluding carboxylic acids is 1. The largest absolute Gasteiger partial charge is 0.487 e. The Morgan fingerprint density at radius 3 is 2.70 bits per heavy atom. The number of hydrogen-bond donors (Lipinski definition) is 0. The maximum Gasteiger partial charge on any atom is 0.219 e. The third-order valence-corrected chi connectivity index (χ3v) is 5.15. The van der Waals surface area contributed by atoms with Crippen molar-refractivity contribution < 1.29 is 9.53 Å². The van der Waals surface area contributed by atoms with E-state index in [2.05, 4.69) is 40.6 Å². The standard InChI is InChI=1S/C18H22N2O2S/c1-14(21)20-9-7-19(8-10-20)13-15-4-3-5-16(12-15)17-6-11-23-18(17)22-2/h3-6,11-12H,7-10,13H2,1-2H3. The van der Waals surface area contributed by atoms with Gasteiger partial charge in [-0.2, -0.15) is 0 Å². The van der Waals surface area contributed by atoms with Gasteiger partial charge in [0.1, 0.15) is 0 Å². The minimum Gasteiger partial charge on any atom is -0.487 e. The van der Waals surface area contributed by atoms with Crippen molar-refractivity contribution in [3.05, 3.63) is 41.3 Å². The van der Waals surface area contributed by atoms with Gasteiger partial charge in [-0.15, -0.1) is 11.3 Å². The lowest BCUT2D eigenvalue weighted by Crippen LogP contribution is -2.47. The number of rotatable bonds is 4. The molecule has 1 aromatic carbocycles. The van der Waals surface area contributed by atoms with Crippen molar-refractivity contribution in [1.29, 1.82) is 0 Å². The van der Waals surface area contributed by atoms with Crippen molar-refractivity contribution in [2.24, 2.45) is 0 Å². The molecular weight excluding hydrogens is 308 g/mol. The summed E-state index contributed by atoms with van der Waals surface area (Å²) in [5, 5.41) is 3.01. The second-order valence-corrected chi connectivity index (χ2v) is 6.69. The molecule has 1 aromatic heterocycles. The Bertz CT molecular complexity index is 675. The van der Waals surface area contributed by atoms with Gasteiger partial charge in [-0.1, -0.05) is 18.2 Å². The second kappa shape index (κ2) is 7.15. The smallest absolute Gasteiger partial charge is 0.219 e. The van der Waals surface area contributed by atoms with Gasteiger partial charge in [0.25, 0.3) is 0 Å². The molecule has 0 radical (unpaired) electrons. The minimum atomic E-state index is 0.177. The first-order valence-corrected chi connectivity index (χ1v) is 8.74. The molecule has 0 saturated carbocycles. The molecule has 5 heteroatoms. The van der Waals surface area contributed by atoms with Crippen molar-refractivity contribution in [3.8, 4) is 16.2 Å². The summed E-state index contributed by atoms with van der Waals surface area (Å²) in [6.07, 6.45) is 0. The highest BCUT2D eigenvalue weighted by Gasteiger charge is 2.18.